The second-order valence-corrected chi connectivity index (χ2v) is 5.41. The van der Waals surface area contributed by atoms with E-state index in [1.807, 2.05) is 0 Å². The molecule has 0 N–H and O–H groups in total. The molecule has 17 heavy (non-hydrogen) atoms. The molecule has 0 bridgehead atoms. The average Bonchev–Trinajstić information content (AvgIpc) is 2.34. The molecule has 1 unspecified atom stereocenters. The van der Waals surface area contributed by atoms with Gasteiger partial charge in [-0.25, -0.2) is 4.21 Å². The van der Waals surface area contributed by atoms with E-state index in [-0.39, 0.29) is 0 Å². The highest BCUT2D eigenvalue weighted by Crippen LogP contribution is 2.18. The summed E-state index contributed by atoms with van der Waals surface area (Å²) in [6, 6.07) is 8.64. The van der Waals surface area contributed by atoms with E-state index >= 15 is 0 Å². The summed E-state index contributed by atoms with van der Waals surface area (Å²) in [5.41, 5.74) is 2.92. The number of fused-ring (bicyclic) bond motifs is 1. The van der Waals surface area contributed by atoms with E-state index in [1.165, 1.54) is 11.1 Å². The lowest BCUT2D eigenvalue weighted by Crippen LogP contribution is -2.31. The second-order valence-electron chi connectivity index (χ2n) is 4.37. The van der Waals surface area contributed by atoms with Crippen molar-refractivity contribution in [2.45, 2.75) is 19.4 Å². The van der Waals surface area contributed by atoms with Crippen LogP contribution in [0.15, 0.2) is 24.3 Å². The van der Waals surface area contributed by atoms with Gasteiger partial charge in [-0.15, -0.1) is 0 Å². The molecule has 2 rings (SSSR count). The van der Waals surface area contributed by atoms with Gasteiger partial charge in [0.25, 0.3) is 0 Å². The molecule has 0 aromatic heterocycles. The van der Waals surface area contributed by atoms with Crippen molar-refractivity contribution >= 4 is 11.1 Å². The van der Waals surface area contributed by atoms with Crippen molar-refractivity contribution in [3.05, 3.63) is 35.4 Å². The van der Waals surface area contributed by atoms with Crippen LogP contribution in [0.3, 0.4) is 0 Å². The maximum atomic E-state index is 10.7. The molecule has 1 heterocycles. The summed E-state index contributed by atoms with van der Waals surface area (Å²) < 4.78 is 15.8. The van der Waals surface area contributed by atoms with E-state index in [1.54, 1.807) is 6.26 Å². The minimum atomic E-state index is -1.13. The van der Waals surface area contributed by atoms with Crippen molar-refractivity contribution in [1.82, 2.24) is 4.90 Å². The maximum Gasteiger partial charge on any atom is 0.152 e. The highest BCUT2D eigenvalue weighted by molar-refractivity contribution is 7.79. The third-order valence-electron chi connectivity index (χ3n) is 3.08. The molecule has 0 spiro atoms. The Kier molecular flexibility index (Phi) is 4.71. The molecule has 0 radical (unpaired) electrons. The number of hydrogen-bond donors (Lipinski definition) is 0. The van der Waals surface area contributed by atoms with E-state index in [4.69, 9.17) is 4.18 Å². The van der Waals surface area contributed by atoms with Gasteiger partial charge in [0.2, 0.25) is 0 Å². The van der Waals surface area contributed by atoms with Crippen LogP contribution in [-0.2, 0) is 28.2 Å². The maximum absolute atomic E-state index is 10.7. The van der Waals surface area contributed by atoms with E-state index in [2.05, 4.69) is 29.2 Å². The van der Waals surface area contributed by atoms with Gasteiger partial charge >= 0.3 is 0 Å². The second kappa shape index (κ2) is 6.28. The van der Waals surface area contributed by atoms with Crippen LogP contribution in [0.5, 0.6) is 0 Å². The Morgan fingerprint density at radius 1 is 1.35 bits per heavy atom. The molecule has 1 aliphatic heterocycles. The zero-order chi connectivity index (χ0) is 12.1. The van der Waals surface area contributed by atoms with Crippen molar-refractivity contribution in [3.8, 4) is 0 Å². The van der Waals surface area contributed by atoms with Gasteiger partial charge in [-0.05, 0) is 24.0 Å². The standard InChI is InChI=1S/C13H19NO2S/c1-17(15)16-10-4-8-14-9-7-12-5-2-3-6-13(12)11-14/h2-3,5-6H,4,7-11H2,1H3. The smallest absolute Gasteiger partial charge is 0.152 e. The SMILES string of the molecule is CS(=O)OCCCN1CCc2ccccc2C1. The number of rotatable bonds is 5. The van der Waals surface area contributed by atoms with Gasteiger partial charge in [-0.3, -0.25) is 9.08 Å². The molecule has 1 aromatic rings. The zero-order valence-electron chi connectivity index (χ0n) is 10.2. The lowest BCUT2D eigenvalue weighted by molar-refractivity contribution is 0.227. The molecule has 0 aliphatic carbocycles. The molecule has 94 valence electrons. The van der Waals surface area contributed by atoms with Crippen molar-refractivity contribution in [1.29, 1.82) is 0 Å². The lowest BCUT2D eigenvalue weighted by Gasteiger charge is -2.28. The molecular weight excluding hydrogens is 234 g/mol. The van der Waals surface area contributed by atoms with Crippen LogP contribution >= 0.6 is 0 Å². The largest absolute Gasteiger partial charge is 0.299 e. The van der Waals surface area contributed by atoms with Crippen molar-refractivity contribution in [2.75, 3.05) is 26.0 Å². The summed E-state index contributed by atoms with van der Waals surface area (Å²) in [7, 11) is 0. The Bertz CT molecular complexity index is 395. The normalized spacial score (nSPS) is 17.7. The topological polar surface area (TPSA) is 29.5 Å². The summed E-state index contributed by atoms with van der Waals surface area (Å²) >= 11 is -1.13. The molecule has 4 heteroatoms. The first-order chi connectivity index (χ1) is 8.25. The lowest BCUT2D eigenvalue weighted by atomic mass is 10.00. The molecule has 0 fully saturated rings. The van der Waals surface area contributed by atoms with Crippen LogP contribution in [0.25, 0.3) is 0 Å². The summed E-state index contributed by atoms with van der Waals surface area (Å²) in [5, 5.41) is 0. The minimum absolute atomic E-state index is 0.585. The number of hydrogen-bond acceptors (Lipinski definition) is 3. The predicted molar refractivity (Wildman–Crippen MR) is 70.1 cm³/mol. The van der Waals surface area contributed by atoms with Gasteiger partial charge in [0, 0.05) is 25.9 Å². The highest BCUT2D eigenvalue weighted by atomic mass is 32.2. The van der Waals surface area contributed by atoms with E-state index in [9.17, 15) is 4.21 Å². The summed E-state index contributed by atoms with van der Waals surface area (Å²) in [5.74, 6) is 0. The molecule has 0 saturated carbocycles. The van der Waals surface area contributed by atoms with E-state index < -0.39 is 11.1 Å². The van der Waals surface area contributed by atoms with Gasteiger partial charge in [0.05, 0.1) is 6.61 Å². The Labute approximate surface area is 105 Å². The molecule has 0 saturated heterocycles. The van der Waals surface area contributed by atoms with Crippen LogP contribution in [-0.4, -0.2) is 35.1 Å². The summed E-state index contributed by atoms with van der Waals surface area (Å²) in [4.78, 5) is 2.43. The number of benzene rings is 1. The fraction of sp³-hybridized carbons (Fsp3) is 0.538. The monoisotopic (exact) mass is 253 g/mol. The average molecular weight is 253 g/mol. The highest BCUT2D eigenvalue weighted by Gasteiger charge is 2.14. The fourth-order valence-electron chi connectivity index (χ4n) is 2.21. The molecule has 1 aliphatic rings. The van der Waals surface area contributed by atoms with Crippen LogP contribution in [0.4, 0.5) is 0 Å². The third kappa shape index (κ3) is 3.91. The molecule has 0 amide bonds. The van der Waals surface area contributed by atoms with Gasteiger partial charge in [-0.2, -0.15) is 0 Å². The van der Waals surface area contributed by atoms with Crippen molar-refractivity contribution < 1.29 is 8.39 Å². The van der Waals surface area contributed by atoms with Crippen molar-refractivity contribution in [2.24, 2.45) is 0 Å². The quantitative estimate of drug-likeness (QED) is 0.749. The van der Waals surface area contributed by atoms with Crippen molar-refractivity contribution in [3.63, 3.8) is 0 Å². The van der Waals surface area contributed by atoms with Gasteiger partial charge in [-0.1, -0.05) is 24.3 Å². The molecule has 1 atom stereocenters. The van der Waals surface area contributed by atoms with Crippen LogP contribution in [0.2, 0.25) is 0 Å². The van der Waals surface area contributed by atoms with Gasteiger partial charge < -0.3 is 0 Å². The number of nitrogens with zero attached hydrogens (tertiary/aromatic N) is 1. The molecular formula is C13H19NO2S. The van der Waals surface area contributed by atoms with E-state index in [0.717, 1.165) is 32.5 Å². The summed E-state index contributed by atoms with van der Waals surface area (Å²) in [6.07, 6.45) is 3.65. The van der Waals surface area contributed by atoms with Crippen LogP contribution in [0, 0.1) is 0 Å². The van der Waals surface area contributed by atoms with Crippen LogP contribution < -0.4 is 0 Å². The predicted octanol–water partition coefficient (Wildman–Crippen LogP) is 1.74. The van der Waals surface area contributed by atoms with Gasteiger partial charge in [0.1, 0.15) is 0 Å². The van der Waals surface area contributed by atoms with Crippen LogP contribution in [0.1, 0.15) is 17.5 Å². The third-order valence-corrected chi connectivity index (χ3v) is 3.58. The Hall–Kier alpha value is -0.710. The molecule has 1 aromatic carbocycles. The summed E-state index contributed by atoms with van der Waals surface area (Å²) in [6.45, 7) is 3.75. The Balaban J connectivity index is 1.76. The molecule has 3 nitrogen and oxygen atoms in total. The first-order valence-electron chi connectivity index (χ1n) is 6.01. The van der Waals surface area contributed by atoms with E-state index in [0.29, 0.717) is 6.61 Å². The first-order valence-corrected chi connectivity index (χ1v) is 7.50. The minimum Gasteiger partial charge on any atom is -0.299 e. The Morgan fingerprint density at radius 3 is 2.88 bits per heavy atom. The first kappa shape index (κ1) is 12.7. The zero-order valence-corrected chi connectivity index (χ0v) is 11.0. The Morgan fingerprint density at radius 2 is 2.12 bits per heavy atom. The fourth-order valence-corrected chi connectivity index (χ4v) is 2.56. The van der Waals surface area contributed by atoms with Gasteiger partial charge in [0.15, 0.2) is 11.1 Å².